The van der Waals surface area contributed by atoms with E-state index in [0.717, 1.165) is 15.7 Å². The number of aryl methyl sites for hydroxylation is 1. The van der Waals surface area contributed by atoms with Crippen LogP contribution in [0.2, 0.25) is 0 Å². The molecule has 0 aromatic heterocycles. The highest BCUT2D eigenvalue weighted by Crippen LogP contribution is 2.24. The number of likely N-dealkylation sites (tertiary alicyclic amines) is 1. The van der Waals surface area contributed by atoms with E-state index in [2.05, 4.69) is 21.2 Å². The van der Waals surface area contributed by atoms with Crippen LogP contribution in [0, 0.1) is 12.8 Å². The predicted octanol–water partition coefficient (Wildman–Crippen LogP) is 3.09. The van der Waals surface area contributed by atoms with Crippen molar-refractivity contribution in [3.05, 3.63) is 28.2 Å². The standard InChI is InChI=1S/C14H17BrN2O3/c1-9-2-3-11(15)12(8-9)16-14(20)17-6-4-10(5-7-17)13(18)19/h2-3,8,10H,4-7H2,1H3,(H,16,20)(H,18,19). The number of anilines is 1. The van der Waals surface area contributed by atoms with E-state index in [1.54, 1.807) is 4.90 Å². The van der Waals surface area contributed by atoms with Gasteiger partial charge in [0, 0.05) is 17.6 Å². The third kappa shape index (κ3) is 3.50. The molecule has 6 heteroatoms. The van der Waals surface area contributed by atoms with Gasteiger partial charge in [0.1, 0.15) is 0 Å². The fourth-order valence-corrected chi connectivity index (χ4v) is 2.60. The second-order valence-electron chi connectivity index (χ2n) is 5.01. The van der Waals surface area contributed by atoms with Crippen molar-refractivity contribution in [1.29, 1.82) is 0 Å². The lowest BCUT2D eigenvalue weighted by molar-refractivity contribution is -0.143. The van der Waals surface area contributed by atoms with Gasteiger partial charge in [-0.2, -0.15) is 0 Å². The number of carbonyl (C=O) groups is 2. The number of piperidine rings is 1. The molecule has 2 N–H and O–H groups in total. The molecule has 0 spiro atoms. The molecule has 1 saturated heterocycles. The van der Waals surface area contributed by atoms with Crippen molar-refractivity contribution < 1.29 is 14.7 Å². The number of carboxylic acids is 1. The molecule has 0 unspecified atom stereocenters. The zero-order valence-corrected chi connectivity index (χ0v) is 12.8. The van der Waals surface area contributed by atoms with Crippen molar-refractivity contribution in [2.45, 2.75) is 19.8 Å². The van der Waals surface area contributed by atoms with Crippen molar-refractivity contribution in [3.63, 3.8) is 0 Å². The summed E-state index contributed by atoms with van der Waals surface area (Å²) in [6, 6.07) is 5.56. The number of carbonyl (C=O) groups excluding carboxylic acids is 1. The molecule has 0 radical (unpaired) electrons. The van der Waals surface area contributed by atoms with Gasteiger partial charge in [-0.3, -0.25) is 4.79 Å². The normalized spacial score (nSPS) is 16.0. The molecule has 2 rings (SSSR count). The average molecular weight is 341 g/mol. The topological polar surface area (TPSA) is 69.6 Å². The summed E-state index contributed by atoms with van der Waals surface area (Å²) in [5.41, 5.74) is 1.79. The Morgan fingerprint density at radius 3 is 2.60 bits per heavy atom. The highest BCUT2D eigenvalue weighted by molar-refractivity contribution is 9.10. The van der Waals surface area contributed by atoms with Crippen LogP contribution in [-0.4, -0.2) is 35.1 Å². The summed E-state index contributed by atoms with van der Waals surface area (Å²) in [4.78, 5) is 24.7. The largest absolute Gasteiger partial charge is 0.481 e. The zero-order valence-electron chi connectivity index (χ0n) is 11.2. The Bertz CT molecular complexity index is 525. The first kappa shape index (κ1) is 14.8. The monoisotopic (exact) mass is 340 g/mol. The number of nitrogens with zero attached hydrogens (tertiary/aromatic N) is 1. The number of hydrogen-bond donors (Lipinski definition) is 2. The molecule has 1 aliphatic heterocycles. The Labute approximate surface area is 126 Å². The van der Waals surface area contributed by atoms with Gasteiger partial charge in [-0.15, -0.1) is 0 Å². The van der Waals surface area contributed by atoms with E-state index in [0.29, 0.717) is 25.9 Å². The van der Waals surface area contributed by atoms with Gasteiger partial charge in [0.25, 0.3) is 0 Å². The molecule has 1 fully saturated rings. The maximum absolute atomic E-state index is 12.2. The van der Waals surface area contributed by atoms with Crippen LogP contribution in [0.4, 0.5) is 10.5 Å². The molecule has 2 amide bonds. The molecule has 0 bridgehead atoms. The van der Waals surface area contributed by atoms with Gasteiger partial charge < -0.3 is 15.3 Å². The van der Waals surface area contributed by atoms with Crippen LogP contribution >= 0.6 is 15.9 Å². The molecule has 0 saturated carbocycles. The molecule has 20 heavy (non-hydrogen) atoms. The van der Waals surface area contributed by atoms with E-state index >= 15 is 0 Å². The van der Waals surface area contributed by atoms with Gasteiger partial charge in [-0.05, 0) is 53.4 Å². The van der Waals surface area contributed by atoms with Gasteiger partial charge in [0.15, 0.2) is 0 Å². The van der Waals surface area contributed by atoms with Crippen molar-refractivity contribution in [2.75, 3.05) is 18.4 Å². The number of nitrogens with one attached hydrogen (secondary N) is 1. The van der Waals surface area contributed by atoms with Gasteiger partial charge in [-0.1, -0.05) is 6.07 Å². The van der Waals surface area contributed by atoms with Crippen LogP contribution < -0.4 is 5.32 Å². The Balaban J connectivity index is 1.96. The van der Waals surface area contributed by atoms with Crippen LogP contribution in [0.25, 0.3) is 0 Å². The molecule has 1 aliphatic rings. The van der Waals surface area contributed by atoms with Crippen LogP contribution in [0.5, 0.6) is 0 Å². The number of aliphatic carboxylic acids is 1. The zero-order chi connectivity index (χ0) is 14.7. The van der Waals surface area contributed by atoms with Crippen molar-refractivity contribution in [2.24, 2.45) is 5.92 Å². The first-order chi connectivity index (χ1) is 9.47. The first-order valence-corrected chi connectivity index (χ1v) is 7.31. The third-order valence-corrected chi connectivity index (χ3v) is 4.19. The minimum atomic E-state index is -0.772. The number of halogens is 1. The molecule has 0 atom stereocenters. The molecule has 108 valence electrons. The molecular formula is C14H17BrN2O3. The number of carboxylic acid groups (broad SMARTS) is 1. The quantitative estimate of drug-likeness (QED) is 0.869. The maximum atomic E-state index is 12.2. The highest BCUT2D eigenvalue weighted by Gasteiger charge is 2.27. The molecule has 1 aromatic carbocycles. The summed E-state index contributed by atoms with van der Waals surface area (Å²) in [6.45, 7) is 2.92. The number of hydrogen-bond acceptors (Lipinski definition) is 2. The smallest absolute Gasteiger partial charge is 0.321 e. The summed E-state index contributed by atoms with van der Waals surface area (Å²) >= 11 is 3.40. The molecule has 5 nitrogen and oxygen atoms in total. The van der Waals surface area contributed by atoms with E-state index < -0.39 is 5.97 Å². The van der Waals surface area contributed by atoms with E-state index in [1.807, 2.05) is 25.1 Å². The fourth-order valence-electron chi connectivity index (χ4n) is 2.26. The number of rotatable bonds is 2. The van der Waals surface area contributed by atoms with Crippen molar-refractivity contribution in [1.82, 2.24) is 4.90 Å². The molecule has 1 aromatic rings. The Morgan fingerprint density at radius 1 is 1.35 bits per heavy atom. The van der Waals surface area contributed by atoms with Crippen molar-refractivity contribution >= 4 is 33.6 Å². The number of benzene rings is 1. The van der Waals surface area contributed by atoms with Crippen LogP contribution in [0.15, 0.2) is 22.7 Å². The summed E-state index contributed by atoms with van der Waals surface area (Å²) in [5, 5.41) is 11.8. The highest BCUT2D eigenvalue weighted by atomic mass is 79.9. The van der Waals surface area contributed by atoms with E-state index in [-0.39, 0.29) is 11.9 Å². The minimum Gasteiger partial charge on any atom is -0.481 e. The Morgan fingerprint density at radius 2 is 2.00 bits per heavy atom. The Kier molecular flexibility index (Phi) is 4.65. The summed E-state index contributed by atoms with van der Waals surface area (Å²) < 4.78 is 0.830. The summed E-state index contributed by atoms with van der Waals surface area (Å²) in [6.07, 6.45) is 1.02. The van der Waals surface area contributed by atoms with Crippen molar-refractivity contribution in [3.8, 4) is 0 Å². The second kappa shape index (κ2) is 6.26. The van der Waals surface area contributed by atoms with E-state index in [9.17, 15) is 9.59 Å². The summed E-state index contributed by atoms with van der Waals surface area (Å²) in [5.74, 6) is -1.10. The van der Waals surface area contributed by atoms with Gasteiger partial charge in [0.2, 0.25) is 0 Å². The number of amides is 2. The SMILES string of the molecule is Cc1ccc(Br)c(NC(=O)N2CCC(C(=O)O)CC2)c1. The van der Waals surface area contributed by atoms with Gasteiger partial charge >= 0.3 is 12.0 Å². The molecule has 1 heterocycles. The van der Waals surface area contributed by atoms with Crippen LogP contribution in [0.3, 0.4) is 0 Å². The van der Waals surface area contributed by atoms with E-state index in [1.165, 1.54) is 0 Å². The molecular weight excluding hydrogens is 324 g/mol. The van der Waals surface area contributed by atoms with Crippen LogP contribution in [-0.2, 0) is 4.79 Å². The number of urea groups is 1. The predicted molar refractivity (Wildman–Crippen MR) is 79.8 cm³/mol. The lowest BCUT2D eigenvalue weighted by Crippen LogP contribution is -2.42. The Hall–Kier alpha value is -1.56. The van der Waals surface area contributed by atoms with Crippen LogP contribution in [0.1, 0.15) is 18.4 Å². The van der Waals surface area contributed by atoms with Gasteiger partial charge in [-0.25, -0.2) is 4.79 Å². The average Bonchev–Trinajstić information content (AvgIpc) is 2.43. The van der Waals surface area contributed by atoms with E-state index in [4.69, 9.17) is 5.11 Å². The first-order valence-electron chi connectivity index (χ1n) is 6.52. The fraction of sp³-hybridized carbons (Fsp3) is 0.429. The van der Waals surface area contributed by atoms with Gasteiger partial charge in [0.05, 0.1) is 11.6 Å². The lowest BCUT2D eigenvalue weighted by atomic mass is 9.97. The molecule has 0 aliphatic carbocycles. The summed E-state index contributed by atoms with van der Waals surface area (Å²) in [7, 11) is 0. The maximum Gasteiger partial charge on any atom is 0.321 e. The lowest BCUT2D eigenvalue weighted by Gasteiger charge is -2.30. The minimum absolute atomic E-state index is 0.180. The third-order valence-electron chi connectivity index (χ3n) is 3.49. The second-order valence-corrected chi connectivity index (χ2v) is 5.87.